The number of rotatable bonds is 4. The van der Waals surface area contributed by atoms with Gasteiger partial charge in [-0.1, -0.05) is 6.07 Å². The standard InChI is InChI=1S/C12H12F3N5O/c1-8-17-18-19-20(8)6-5-11(21)16-10-4-2-3-9(7-10)12(13,14)15/h2-4,7H,5-6H2,1H3,(H,16,21). The van der Waals surface area contributed by atoms with Gasteiger partial charge in [0.2, 0.25) is 5.91 Å². The second-order valence-corrected chi connectivity index (χ2v) is 4.33. The number of alkyl halides is 3. The van der Waals surface area contributed by atoms with Gasteiger partial charge in [0, 0.05) is 12.1 Å². The monoisotopic (exact) mass is 299 g/mol. The molecule has 0 aliphatic rings. The smallest absolute Gasteiger partial charge is 0.326 e. The number of nitrogens with one attached hydrogen (secondary N) is 1. The lowest BCUT2D eigenvalue weighted by atomic mass is 10.2. The molecule has 1 N–H and O–H groups in total. The molecule has 1 aromatic heterocycles. The molecule has 0 aliphatic heterocycles. The molecule has 1 heterocycles. The summed E-state index contributed by atoms with van der Waals surface area (Å²) in [5.74, 6) is 0.145. The minimum atomic E-state index is -4.44. The molecule has 0 fully saturated rings. The van der Waals surface area contributed by atoms with E-state index in [1.54, 1.807) is 6.92 Å². The van der Waals surface area contributed by atoms with Gasteiger partial charge in [0.15, 0.2) is 0 Å². The minimum absolute atomic E-state index is 0.0577. The Morgan fingerprint density at radius 2 is 2.14 bits per heavy atom. The van der Waals surface area contributed by atoms with Crippen LogP contribution in [0.2, 0.25) is 0 Å². The molecule has 21 heavy (non-hydrogen) atoms. The van der Waals surface area contributed by atoms with Gasteiger partial charge in [0.1, 0.15) is 5.82 Å². The molecule has 1 aromatic carbocycles. The number of halogens is 3. The van der Waals surface area contributed by atoms with Crippen molar-refractivity contribution in [3.05, 3.63) is 35.7 Å². The van der Waals surface area contributed by atoms with Crippen molar-refractivity contribution in [3.8, 4) is 0 Å². The maximum atomic E-state index is 12.5. The van der Waals surface area contributed by atoms with E-state index in [1.165, 1.54) is 16.8 Å². The third-order valence-corrected chi connectivity index (χ3v) is 2.74. The van der Waals surface area contributed by atoms with Crippen molar-refractivity contribution in [3.63, 3.8) is 0 Å². The van der Waals surface area contributed by atoms with Crippen LogP contribution >= 0.6 is 0 Å². The summed E-state index contributed by atoms with van der Waals surface area (Å²) in [4.78, 5) is 11.7. The molecule has 6 nitrogen and oxygen atoms in total. The van der Waals surface area contributed by atoms with Crippen LogP contribution in [0.1, 0.15) is 17.8 Å². The van der Waals surface area contributed by atoms with Crippen LogP contribution in [0.15, 0.2) is 24.3 Å². The fraction of sp³-hybridized carbons (Fsp3) is 0.333. The number of tetrazole rings is 1. The summed E-state index contributed by atoms with van der Waals surface area (Å²) in [6.45, 7) is 1.94. The molecule has 9 heteroatoms. The average Bonchev–Trinajstić information content (AvgIpc) is 2.81. The number of benzene rings is 1. The van der Waals surface area contributed by atoms with Crippen LogP contribution in [0.3, 0.4) is 0 Å². The second kappa shape index (κ2) is 5.90. The molecule has 112 valence electrons. The van der Waals surface area contributed by atoms with Crippen molar-refractivity contribution in [1.29, 1.82) is 0 Å². The fourth-order valence-corrected chi connectivity index (χ4v) is 1.66. The van der Waals surface area contributed by atoms with E-state index in [4.69, 9.17) is 0 Å². The van der Waals surface area contributed by atoms with E-state index in [9.17, 15) is 18.0 Å². The molecule has 2 aromatic rings. The molecule has 2 rings (SSSR count). The molecule has 0 radical (unpaired) electrons. The van der Waals surface area contributed by atoms with Crippen LogP contribution in [0.4, 0.5) is 18.9 Å². The van der Waals surface area contributed by atoms with E-state index in [1.807, 2.05) is 0 Å². The van der Waals surface area contributed by atoms with E-state index in [0.717, 1.165) is 12.1 Å². The Morgan fingerprint density at radius 1 is 1.38 bits per heavy atom. The Hall–Kier alpha value is -2.45. The van der Waals surface area contributed by atoms with Gasteiger partial charge in [0.05, 0.1) is 12.1 Å². The minimum Gasteiger partial charge on any atom is -0.326 e. The number of carbonyl (C=O) groups is 1. The van der Waals surface area contributed by atoms with Crippen molar-refractivity contribution in [1.82, 2.24) is 20.2 Å². The molecule has 0 spiro atoms. The predicted molar refractivity (Wildman–Crippen MR) is 67.2 cm³/mol. The number of amides is 1. The Kier molecular flexibility index (Phi) is 4.20. The van der Waals surface area contributed by atoms with E-state index < -0.39 is 17.6 Å². The van der Waals surface area contributed by atoms with Crippen molar-refractivity contribution in [2.45, 2.75) is 26.1 Å². The van der Waals surface area contributed by atoms with Crippen LogP contribution in [-0.2, 0) is 17.5 Å². The van der Waals surface area contributed by atoms with Crippen molar-refractivity contribution in [2.24, 2.45) is 0 Å². The highest BCUT2D eigenvalue weighted by molar-refractivity contribution is 5.90. The summed E-state index contributed by atoms with van der Waals surface area (Å²) >= 11 is 0. The highest BCUT2D eigenvalue weighted by Crippen LogP contribution is 2.30. The van der Waals surface area contributed by atoms with Crippen LogP contribution in [0.25, 0.3) is 0 Å². The Bertz CT molecular complexity index is 638. The lowest BCUT2D eigenvalue weighted by Gasteiger charge is -2.10. The Balaban J connectivity index is 1.95. The fourth-order valence-electron chi connectivity index (χ4n) is 1.66. The summed E-state index contributed by atoms with van der Waals surface area (Å²) in [5, 5.41) is 13.2. The van der Waals surface area contributed by atoms with Gasteiger partial charge in [-0.25, -0.2) is 4.68 Å². The topological polar surface area (TPSA) is 72.7 Å². The summed E-state index contributed by atoms with van der Waals surface area (Å²) in [6, 6.07) is 4.47. The number of aryl methyl sites for hydroxylation is 2. The zero-order valence-corrected chi connectivity index (χ0v) is 11.1. The summed E-state index contributed by atoms with van der Waals surface area (Å²) < 4.78 is 39.1. The summed E-state index contributed by atoms with van der Waals surface area (Å²) in [6.07, 6.45) is -4.38. The number of hydrogen-bond donors (Lipinski definition) is 1. The number of carbonyl (C=O) groups excluding carboxylic acids is 1. The molecule has 0 saturated heterocycles. The van der Waals surface area contributed by atoms with Crippen LogP contribution in [0, 0.1) is 6.92 Å². The largest absolute Gasteiger partial charge is 0.416 e. The van der Waals surface area contributed by atoms with Crippen molar-refractivity contribution >= 4 is 11.6 Å². The van der Waals surface area contributed by atoms with Crippen LogP contribution in [0.5, 0.6) is 0 Å². The van der Waals surface area contributed by atoms with Crippen LogP contribution < -0.4 is 5.32 Å². The molecule has 0 bridgehead atoms. The highest BCUT2D eigenvalue weighted by atomic mass is 19.4. The first-order valence-corrected chi connectivity index (χ1v) is 6.06. The molecular formula is C12H12F3N5O. The molecule has 0 aliphatic carbocycles. The molecule has 0 saturated carbocycles. The SMILES string of the molecule is Cc1nnnn1CCC(=O)Nc1cccc(C(F)(F)F)c1. The summed E-state index contributed by atoms with van der Waals surface area (Å²) in [7, 11) is 0. The van der Waals surface area contributed by atoms with Gasteiger partial charge in [-0.3, -0.25) is 4.79 Å². The van der Waals surface area contributed by atoms with E-state index in [-0.39, 0.29) is 18.7 Å². The highest BCUT2D eigenvalue weighted by Gasteiger charge is 2.30. The first kappa shape index (κ1) is 14.9. The number of anilines is 1. The van der Waals surface area contributed by atoms with Crippen LogP contribution in [-0.4, -0.2) is 26.1 Å². The normalized spacial score (nSPS) is 11.4. The molecular weight excluding hydrogens is 287 g/mol. The van der Waals surface area contributed by atoms with Gasteiger partial charge in [0.25, 0.3) is 0 Å². The maximum Gasteiger partial charge on any atom is 0.416 e. The Morgan fingerprint density at radius 3 is 2.76 bits per heavy atom. The third-order valence-electron chi connectivity index (χ3n) is 2.74. The van der Waals surface area contributed by atoms with Gasteiger partial charge < -0.3 is 5.32 Å². The molecule has 0 atom stereocenters. The van der Waals surface area contributed by atoms with E-state index in [2.05, 4.69) is 20.8 Å². The average molecular weight is 299 g/mol. The van der Waals surface area contributed by atoms with Gasteiger partial charge >= 0.3 is 6.18 Å². The maximum absolute atomic E-state index is 12.5. The Labute approximate surface area is 118 Å². The van der Waals surface area contributed by atoms with E-state index >= 15 is 0 Å². The lowest BCUT2D eigenvalue weighted by Crippen LogP contribution is -2.16. The molecule has 1 amide bonds. The second-order valence-electron chi connectivity index (χ2n) is 4.33. The zero-order chi connectivity index (χ0) is 15.5. The first-order valence-electron chi connectivity index (χ1n) is 6.06. The quantitative estimate of drug-likeness (QED) is 0.937. The molecule has 0 unspecified atom stereocenters. The van der Waals surface area contributed by atoms with Gasteiger partial charge in [-0.15, -0.1) is 5.10 Å². The van der Waals surface area contributed by atoms with Crippen molar-refractivity contribution < 1.29 is 18.0 Å². The zero-order valence-electron chi connectivity index (χ0n) is 11.1. The predicted octanol–water partition coefficient (Wildman–Crippen LogP) is 2.03. The van der Waals surface area contributed by atoms with Gasteiger partial charge in [-0.05, 0) is 35.5 Å². The number of aromatic nitrogens is 4. The lowest BCUT2D eigenvalue weighted by molar-refractivity contribution is -0.137. The number of nitrogens with zero attached hydrogens (tertiary/aromatic N) is 4. The van der Waals surface area contributed by atoms with E-state index in [0.29, 0.717) is 5.82 Å². The van der Waals surface area contributed by atoms with Gasteiger partial charge in [-0.2, -0.15) is 13.2 Å². The summed E-state index contributed by atoms with van der Waals surface area (Å²) in [5.41, 5.74) is -0.708. The van der Waals surface area contributed by atoms with Crippen molar-refractivity contribution in [2.75, 3.05) is 5.32 Å². The third kappa shape index (κ3) is 4.01. The number of hydrogen-bond acceptors (Lipinski definition) is 4. The first-order chi connectivity index (χ1) is 9.86.